The molecule has 0 saturated carbocycles. The van der Waals surface area contributed by atoms with Gasteiger partial charge in [-0.25, -0.2) is 4.79 Å². The summed E-state index contributed by atoms with van der Waals surface area (Å²) in [6.07, 6.45) is 2.77. The van der Waals surface area contributed by atoms with Crippen LogP contribution in [0.2, 0.25) is 0 Å². The lowest BCUT2D eigenvalue weighted by atomic mass is 9.94. The van der Waals surface area contributed by atoms with Crippen molar-refractivity contribution in [3.8, 4) is 0 Å². The molecule has 6 heteroatoms. The van der Waals surface area contributed by atoms with Crippen LogP contribution in [0.3, 0.4) is 0 Å². The van der Waals surface area contributed by atoms with Crippen molar-refractivity contribution < 1.29 is 28.7 Å². The van der Waals surface area contributed by atoms with Gasteiger partial charge in [0.15, 0.2) is 18.2 Å². The number of carbonyl (C=O) groups excluding carboxylic acids is 4. The van der Waals surface area contributed by atoms with Crippen LogP contribution in [0.25, 0.3) is 0 Å². The maximum Gasteiger partial charge on any atom is 0.333 e. The number of benzene rings is 1. The predicted octanol–water partition coefficient (Wildman–Crippen LogP) is 2.36. The van der Waals surface area contributed by atoms with Gasteiger partial charge in [-0.3, -0.25) is 14.4 Å². The first-order valence-electron chi connectivity index (χ1n) is 7.89. The fourth-order valence-corrected chi connectivity index (χ4v) is 2.11. The van der Waals surface area contributed by atoms with Crippen LogP contribution in [-0.2, 0) is 23.9 Å². The minimum atomic E-state index is -0.655. The third-order valence-electron chi connectivity index (χ3n) is 3.48. The van der Waals surface area contributed by atoms with Crippen molar-refractivity contribution in [3.05, 3.63) is 71.5 Å². The van der Waals surface area contributed by atoms with Gasteiger partial charge in [0, 0.05) is 11.1 Å². The van der Waals surface area contributed by atoms with Crippen molar-refractivity contribution >= 4 is 23.3 Å². The van der Waals surface area contributed by atoms with Gasteiger partial charge >= 0.3 is 5.97 Å². The fraction of sp³-hybridized carbons (Fsp3) is 0.200. The summed E-state index contributed by atoms with van der Waals surface area (Å²) in [5, 5.41) is 0. The lowest BCUT2D eigenvalue weighted by Gasteiger charge is -2.14. The molecule has 0 bridgehead atoms. The standard InChI is InChI=1S/C20H18O6/c1-13(2)20(24)26-12-15(21)11-25-16-8-9-17(18(22)10-16)19(23)14-6-4-3-5-7-14/h3-9H,1,10-12H2,2H3. The maximum absolute atomic E-state index is 12.3. The van der Waals surface area contributed by atoms with Crippen molar-refractivity contribution in [2.45, 2.75) is 13.3 Å². The Morgan fingerprint density at radius 3 is 2.38 bits per heavy atom. The molecule has 6 nitrogen and oxygen atoms in total. The highest BCUT2D eigenvalue weighted by molar-refractivity contribution is 6.27. The van der Waals surface area contributed by atoms with Gasteiger partial charge in [0.25, 0.3) is 0 Å². The molecule has 0 unspecified atom stereocenters. The van der Waals surface area contributed by atoms with Crippen LogP contribution in [0.5, 0.6) is 0 Å². The molecule has 26 heavy (non-hydrogen) atoms. The third kappa shape index (κ3) is 5.11. The lowest BCUT2D eigenvalue weighted by Crippen LogP contribution is -2.21. The van der Waals surface area contributed by atoms with Crippen molar-refractivity contribution in [3.63, 3.8) is 0 Å². The zero-order chi connectivity index (χ0) is 19.1. The Bertz CT molecular complexity index is 814. The Morgan fingerprint density at radius 1 is 1.08 bits per heavy atom. The van der Waals surface area contributed by atoms with Gasteiger partial charge < -0.3 is 9.47 Å². The van der Waals surface area contributed by atoms with Crippen LogP contribution in [0.15, 0.2) is 66.0 Å². The van der Waals surface area contributed by atoms with Crippen LogP contribution < -0.4 is 0 Å². The minimum absolute atomic E-state index is 0.0743. The highest BCUT2D eigenvalue weighted by Crippen LogP contribution is 2.19. The first-order valence-corrected chi connectivity index (χ1v) is 7.89. The van der Waals surface area contributed by atoms with Crippen molar-refractivity contribution in [1.29, 1.82) is 0 Å². The number of hydrogen-bond acceptors (Lipinski definition) is 6. The molecule has 0 spiro atoms. The molecule has 0 atom stereocenters. The molecule has 1 aliphatic rings. The second kappa shape index (κ2) is 8.71. The summed E-state index contributed by atoms with van der Waals surface area (Å²) in [4.78, 5) is 47.3. The molecule has 0 aliphatic heterocycles. The van der Waals surface area contributed by atoms with Gasteiger partial charge in [0.2, 0.25) is 5.78 Å². The van der Waals surface area contributed by atoms with E-state index in [9.17, 15) is 19.2 Å². The Kier molecular flexibility index (Phi) is 6.38. The number of hydrogen-bond donors (Lipinski definition) is 0. The van der Waals surface area contributed by atoms with Gasteiger partial charge in [0.05, 0.1) is 12.0 Å². The Morgan fingerprint density at radius 2 is 1.77 bits per heavy atom. The Hall–Kier alpha value is -3.28. The topological polar surface area (TPSA) is 86.7 Å². The van der Waals surface area contributed by atoms with Crippen LogP contribution in [0.4, 0.5) is 0 Å². The molecule has 0 fully saturated rings. The van der Waals surface area contributed by atoms with E-state index >= 15 is 0 Å². The fourth-order valence-electron chi connectivity index (χ4n) is 2.11. The summed E-state index contributed by atoms with van der Waals surface area (Å²) < 4.78 is 9.98. The van der Waals surface area contributed by atoms with Crippen LogP contribution in [-0.4, -0.2) is 36.5 Å². The number of carbonyl (C=O) groups is 4. The summed E-state index contributed by atoms with van der Waals surface area (Å²) in [6, 6.07) is 8.49. The normalized spacial score (nSPS) is 13.3. The quantitative estimate of drug-likeness (QED) is 0.308. The van der Waals surface area contributed by atoms with E-state index in [2.05, 4.69) is 6.58 Å². The minimum Gasteiger partial charge on any atom is -0.490 e. The van der Waals surface area contributed by atoms with Crippen LogP contribution in [0.1, 0.15) is 23.7 Å². The number of ether oxygens (including phenoxy) is 2. The average Bonchev–Trinajstić information content (AvgIpc) is 2.64. The third-order valence-corrected chi connectivity index (χ3v) is 3.48. The summed E-state index contributed by atoms with van der Waals surface area (Å²) in [7, 11) is 0. The maximum atomic E-state index is 12.3. The van der Waals surface area contributed by atoms with E-state index in [1.165, 1.54) is 19.1 Å². The first-order chi connectivity index (χ1) is 12.4. The molecule has 2 rings (SSSR count). The summed E-state index contributed by atoms with van der Waals surface area (Å²) >= 11 is 0. The van der Waals surface area contributed by atoms with E-state index in [0.29, 0.717) is 5.56 Å². The van der Waals surface area contributed by atoms with E-state index in [1.807, 2.05) is 0 Å². The monoisotopic (exact) mass is 354 g/mol. The van der Waals surface area contributed by atoms with Gasteiger partial charge in [-0.05, 0) is 19.1 Å². The second-order valence-corrected chi connectivity index (χ2v) is 5.69. The highest BCUT2D eigenvalue weighted by atomic mass is 16.5. The summed E-state index contributed by atoms with van der Waals surface area (Å²) in [5.74, 6) is -1.56. The zero-order valence-corrected chi connectivity index (χ0v) is 14.3. The summed E-state index contributed by atoms with van der Waals surface area (Å²) in [6.45, 7) is 4.12. The largest absolute Gasteiger partial charge is 0.490 e. The molecule has 1 aromatic carbocycles. The highest BCUT2D eigenvalue weighted by Gasteiger charge is 2.24. The predicted molar refractivity (Wildman–Crippen MR) is 93.3 cm³/mol. The van der Waals surface area contributed by atoms with E-state index in [4.69, 9.17) is 9.47 Å². The molecule has 0 N–H and O–H groups in total. The molecule has 134 valence electrons. The lowest BCUT2D eigenvalue weighted by molar-refractivity contribution is -0.145. The first kappa shape index (κ1) is 19.1. The van der Waals surface area contributed by atoms with E-state index in [-0.39, 0.29) is 41.5 Å². The molecule has 1 aromatic rings. The molecule has 0 aromatic heterocycles. The van der Waals surface area contributed by atoms with E-state index in [1.54, 1.807) is 30.3 Å². The molecule has 0 saturated heterocycles. The Balaban J connectivity index is 1.91. The van der Waals surface area contributed by atoms with Gasteiger partial charge in [-0.2, -0.15) is 0 Å². The number of allylic oxidation sites excluding steroid dienone is 4. The Labute approximate surface area is 150 Å². The SMILES string of the molecule is C=C(C)C(=O)OCC(=O)COC1=CC=C(C(=O)c2ccccc2)C(=O)C1. The van der Waals surface area contributed by atoms with Crippen LogP contribution >= 0.6 is 0 Å². The zero-order valence-electron chi connectivity index (χ0n) is 14.3. The molecule has 0 amide bonds. The molecule has 0 radical (unpaired) electrons. The van der Waals surface area contributed by atoms with Crippen molar-refractivity contribution in [2.24, 2.45) is 0 Å². The van der Waals surface area contributed by atoms with Crippen molar-refractivity contribution in [2.75, 3.05) is 13.2 Å². The molecular formula is C20H18O6. The smallest absolute Gasteiger partial charge is 0.333 e. The van der Waals surface area contributed by atoms with Gasteiger partial charge in [-0.15, -0.1) is 0 Å². The number of ketones is 3. The molecule has 1 aliphatic carbocycles. The van der Waals surface area contributed by atoms with Crippen molar-refractivity contribution in [1.82, 2.24) is 0 Å². The molecular weight excluding hydrogens is 336 g/mol. The van der Waals surface area contributed by atoms with E-state index in [0.717, 1.165) is 0 Å². The molecule has 0 heterocycles. The number of Topliss-reactive ketones (excluding diaryl/α,β-unsaturated/α-hetero) is 3. The van der Waals surface area contributed by atoms with Gasteiger partial charge in [0.1, 0.15) is 12.4 Å². The average molecular weight is 354 g/mol. The number of rotatable bonds is 8. The number of esters is 1. The second-order valence-electron chi connectivity index (χ2n) is 5.69. The van der Waals surface area contributed by atoms with Crippen LogP contribution in [0, 0.1) is 0 Å². The summed E-state index contributed by atoms with van der Waals surface area (Å²) in [5.41, 5.74) is 0.699. The van der Waals surface area contributed by atoms with Gasteiger partial charge in [-0.1, -0.05) is 36.9 Å². The van der Waals surface area contributed by atoms with E-state index < -0.39 is 18.4 Å².